The summed E-state index contributed by atoms with van der Waals surface area (Å²) in [5.74, 6) is -0.486. The summed E-state index contributed by atoms with van der Waals surface area (Å²) in [5.41, 5.74) is 1.76. The Labute approximate surface area is 150 Å². The lowest BCUT2D eigenvalue weighted by Gasteiger charge is -2.24. The molecule has 1 aromatic heterocycles. The number of hydrogen-bond donors (Lipinski definition) is 1. The van der Waals surface area contributed by atoms with Gasteiger partial charge >= 0.3 is 0 Å². The van der Waals surface area contributed by atoms with Crippen molar-refractivity contribution in [3.63, 3.8) is 0 Å². The lowest BCUT2D eigenvalue weighted by molar-refractivity contribution is 0.0416. The summed E-state index contributed by atoms with van der Waals surface area (Å²) < 4.78 is 13.1. The largest absolute Gasteiger partial charge is 0.383 e. The molecule has 0 radical (unpaired) electrons. The number of pyridine rings is 1. The fraction of sp³-hybridized carbons (Fsp3) is 0.238. The number of likely N-dealkylation sites (tertiary alicyclic amines) is 1. The summed E-state index contributed by atoms with van der Waals surface area (Å²) in [5, 5.41) is 11.9. The molecule has 4 nitrogen and oxygen atoms in total. The summed E-state index contributed by atoms with van der Waals surface area (Å²) in [6.07, 6.45) is 2.03. The van der Waals surface area contributed by atoms with E-state index in [4.69, 9.17) is 0 Å². The summed E-state index contributed by atoms with van der Waals surface area (Å²) in [4.78, 5) is 19.0. The van der Waals surface area contributed by atoms with Gasteiger partial charge in [0.25, 0.3) is 5.91 Å². The number of aromatic nitrogens is 1. The lowest BCUT2D eigenvalue weighted by Crippen LogP contribution is -2.34. The highest BCUT2D eigenvalue weighted by molar-refractivity contribution is 6.00. The maximum Gasteiger partial charge on any atom is 0.255 e. The van der Waals surface area contributed by atoms with Gasteiger partial charge in [0.1, 0.15) is 11.4 Å². The van der Waals surface area contributed by atoms with Gasteiger partial charge in [-0.3, -0.25) is 9.78 Å². The highest BCUT2D eigenvalue weighted by Crippen LogP contribution is 2.33. The lowest BCUT2D eigenvalue weighted by atomic mass is 9.93. The quantitative estimate of drug-likeness (QED) is 0.770. The molecule has 1 amide bonds. The minimum absolute atomic E-state index is 0.140. The second-order valence-electron chi connectivity index (χ2n) is 6.83. The number of fused-ring (bicyclic) bond motifs is 1. The van der Waals surface area contributed by atoms with Gasteiger partial charge < -0.3 is 10.0 Å². The Balaban J connectivity index is 1.62. The summed E-state index contributed by atoms with van der Waals surface area (Å²) in [6.45, 7) is 2.54. The Morgan fingerprint density at radius 3 is 2.69 bits per heavy atom. The normalized spacial score (nSPS) is 19.9. The number of halogens is 1. The van der Waals surface area contributed by atoms with Crippen molar-refractivity contribution in [1.82, 2.24) is 9.88 Å². The number of nitrogens with zero attached hydrogens (tertiary/aromatic N) is 2. The van der Waals surface area contributed by atoms with E-state index in [0.717, 1.165) is 16.5 Å². The van der Waals surface area contributed by atoms with Crippen LogP contribution in [0.25, 0.3) is 10.9 Å². The number of carbonyl (C=O) groups is 1. The molecule has 0 saturated carbocycles. The minimum Gasteiger partial charge on any atom is -0.383 e. The van der Waals surface area contributed by atoms with Gasteiger partial charge in [-0.2, -0.15) is 0 Å². The minimum atomic E-state index is -1.15. The summed E-state index contributed by atoms with van der Waals surface area (Å²) in [7, 11) is 0. The maximum atomic E-state index is 13.1. The number of carbonyl (C=O) groups excluding carboxylic acids is 1. The van der Waals surface area contributed by atoms with E-state index in [1.165, 1.54) is 12.1 Å². The van der Waals surface area contributed by atoms with Gasteiger partial charge in [0.2, 0.25) is 0 Å². The second kappa shape index (κ2) is 6.18. The zero-order valence-electron chi connectivity index (χ0n) is 14.4. The molecule has 0 aliphatic carbocycles. The van der Waals surface area contributed by atoms with Gasteiger partial charge in [-0.25, -0.2) is 4.39 Å². The Bertz CT molecular complexity index is 987. The van der Waals surface area contributed by atoms with E-state index in [2.05, 4.69) is 4.98 Å². The zero-order chi connectivity index (χ0) is 18.3. The van der Waals surface area contributed by atoms with Crippen molar-refractivity contribution in [2.24, 2.45) is 0 Å². The van der Waals surface area contributed by atoms with Crippen molar-refractivity contribution in [2.45, 2.75) is 18.9 Å². The van der Waals surface area contributed by atoms with E-state index in [1.807, 2.05) is 31.2 Å². The van der Waals surface area contributed by atoms with Gasteiger partial charge in [0, 0.05) is 18.1 Å². The molecular weight excluding hydrogens is 331 g/mol. The fourth-order valence-corrected chi connectivity index (χ4v) is 3.63. The van der Waals surface area contributed by atoms with Crippen molar-refractivity contribution >= 4 is 16.8 Å². The summed E-state index contributed by atoms with van der Waals surface area (Å²) in [6, 6.07) is 13.5. The zero-order valence-corrected chi connectivity index (χ0v) is 14.4. The number of para-hydroxylation sites is 1. The molecule has 0 bridgehead atoms. The molecule has 0 spiro atoms. The van der Waals surface area contributed by atoms with Crippen LogP contribution < -0.4 is 0 Å². The van der Waals surface area contributed by atoms with Crippen molar-refractivity contribution < 1.29 is 14.3 Å². The molecule has 5 heteroatoms. The first-order valence-corrected chi connectivity index (χ1v) is 8.60. The van der Waals surface area contributed by atoms with Crippen LogP contribution in [0.4, 0.5) is 4.39 Å². The number of benzene rings is 2. The highest BCUT2D eigenvalue weighted by atomic mass is 19.1. The molecule has 1 aliphatic rings. The Hall–Kier alpha value is -2.79. The molecule has 132 valence electrons. The van der Waals surface area contributed by atoms with E-state index < -0.39 is 5.60 Å². The van der Waals surface area contributed by atoms with Crippen LogP contribution >= 0.6 is 0 Å². The van der Waals surface area contributed by atoms with Gasteiger partial charge in [-0.15, -0.1) is 0 Å². The van der Waals surface area contributed by atoms with E-state index in [0.29, 0.717) is 24.1 Å². The molecule has 2 aromatic carbocycles. The molecular formula is C21H19FN2O2. The van der Waals surface area contributed by atoms with Crippen molar-refractivity contribution in [2.75, 3.05) is 13.1 Å². The number of rotatable bonds is 2. The fourth-order valence-electron chi connectivity index (χ4n) is 3.63. The molecule has 1 aliphatic heterocycles. The van der Waals surface area contributed by atoms with Crippen LogP contribution in [0.1, 0.15) is 27.9 Å². The smallest absolute Gasteiger partial charge is 0.255 e. The van der Waals surface area contributed by atoms with Crippen LogP contribution in [-0.2, 0) is 5.60 Å². The van der Waals surface area contributed by atoms with Crippen LogP contribution in [0.3, 0.4) is 0 Å². The second-order valence-corrected chi connectivity index (χ2v) is 6.83. The van der Waals surface area contributed by atoms with E-state index in [1.54, 1.807) is 23.2 Å². The molecule has 1 unspecified atom stereocenters. The predicted molar refractivity (Wildman–Crippen MR) is 97.3 cm³/mol. The van der Waals surface area contributed by atoms with Crippen LogP contribution in [0.2, 0.25) is 0 Å². The molecule has 1 atom stereocenters. The number of aliphatic hydroxyl groups is 1. The van der Waals surface area contributed by atoms with Crippen LogP contribution in [0.15, 0.2) is 54.7 Å². The van der Waals surface area contributed by atoms with E-state index in [-0.39, 0.29) is 18.3 Å². The number of hydrogen-bond acceptors (Lipinski definition) is 3. The van der Waals surface area contributed by atoms with E-state index in [9.17, 15) is 14.3 Å². The third kappa shape index (κ3) is 2.74. The van der Waals surface area contributed by atoms with Crippen molar-refractivity contribution in [3.05, 3.63) is 77.2 Å². The van der Waals surface area contributed by atoms with Gasteiger partial charge in [0.05, 0.1) is 17.6 Å². The Morgan fingerprint density at radius 1 is 1.19 bits per heavy atom. The van der Waals surface area contributed by atoms with Gasteiger partial charge in [-0.05, 0) is 42.7 Å². The molecule has 1 N–H and O–H groups in total. The van der Waals surface area contributed by atoms with Crippen molar-refractivity contribution in [3.8, 4) is 0 Å². The van der Waals surface area contributed by atoms with E-state index >= 15 is 0 Å². The summed E-state index contributed by atoms with van der Waals surface area (Å²) >= 11 is 0. The van der Waals surface area contributed by atoms with Gasteiger partial charge in [0.15, 0.2) is 0 Å². The maximum absolute atomic E-state index is 13.1. The molecule has 4 rings (SSSR count). The third-order valence-corrected chi connectivity index (χ3v) is 5.19. The molecule has 1 fully saturated rings. The average molecular weight is 350 g/mol. The number of aryl methyl sites for hydroxylation is 1. The van der Waals surface area contributed by atoms with Crippen LogP contribution in [-0.4, -0.2) is 34.0 Å². The standard InChI is InChI=1S/C21H19FN2O2/c1-14-17-4-2-3-5-19(17)23-12-18(14)20(25)24-11-10-21(26,13-24)15-6-8-16(22)9-7-15/h2-9,12,26H,10-11,13H2,1H3. The third-order valence-electron chi connectivity index (χ3n) is 5.19. The average Bonchev–Trinajstić information content (AvgIpc) is 3.06. The van der Waals surface area contributed by atoms with Gasteiger partial charge in [-0.1, -0.05) is 30.3 Å². The highest BCUT2D eigenvalue weighted by Gasteiger charge is 2.40. The Morgan fingerprint density at radius 2 is 1.92 bits per heavy atom. The van der Waals surface area contributed by atoms with Crippen molar-refractivity contribution in [1.29, 1.82) is 0 Å². The molecule has 1 saturated heterocycles. The topological polar surface area (TPSA) is 53.4 Å². The first kappa shape index (κ1) is 16.7. The molecule has 26 heavy (non-hydrogen) atoms. The molecule has 3 aromatic rings. The first-order chi connectivity index (χ1) is 12.5. The number of β-amino-alcohol motifs (C(OH)–C–C–N with tert-alkyl or cyclic N) is 1. The predicted octanol–water partition coefficient (Wildman–Crippen LogP) is 3.42. The first-order valence-electron chi connectivity index (χ1n) is 8.60. The molecule has 2 heterocycles. The Kier molecular flexibility index (Phi) is 3.96. The van der Waals surface area contributed by atoms with Crippen LogP contribution in [0, 0.1) is 12.7 Å². The monoisotopic (exact) mass is 350 g/mol. The number of amides is 1. The van der Waals surface area contributed by atoms with Crippen LogP contribution in [0.5, 0.6) is 0 Å². The SMILES string of the molecule is Cc1c(C(=O)N2CCC(O)(c3ccc(F)cc3)C2)cnc2ccccc12.